The number of nitrogens with one attached hydrogen (secondary N) is 1. The standard InChI is InChI=1S/C15H14N6/c1-2-11(8-21-10(1)3-6-19-21)20-9-18-13-7-17-15-12(14(13)20)4-5-16-15/h3-7,9,11H,1-2,8H2,(H,16,17)/t11-/m1/s1. The summed E-state index contributed by atoms with van der Waals surface area (Å²) in [4.78, 5) is 12.1. The first kappa shape index (κ1) is 11.1. The van der Waals surface area contributed by atoms with Crippen LogP contribution in [0.2, 0.25) is 0 Å². The first-order valence-electron chi connectivity index (χ1n) is 7.19. The molecular weight excluding hydrogens is 264 g/mol. The highest BCUT2D eigenvalue weighted by Gasteiger charge is 2.22. The zero-order valence-corrected chi connectivity index (χ0v) is 11.4. The monoisotopic (exact) mass is 278 g/mol. The van der Waals surface area contributed by atoms with Crippen molar-refractivity contribution in [2.75, 3.05) is 0 Å². The van der Waals surface area contributed by atoms with Crippen molar-refractivity contribution >= 4 is 22.1 Å². The van der Waals surface area contributed by atoms with Crippen LogP contribution in [0.5, 0.6) is 0 Å². The number of hydrogen-bond acceptors (Lipinski definition) is 3. The second kappa shape index (κ2) is 3.94. The van der Waals surface area contributed by atoms with E-state index < -0.39 is 0 Å². The molecule has 4 aromatic rings. The lowest BCUT2D eigenvalue weighted by Gasteiger charge is -2.25. The second-order valence-electron chi connectivity index (χ2n) is 5.58. The molecule has 6 heteroatoms. The van der Waals surface area contributed by atoms with E-state index in [4.69, 9.17) is 0 Å². The van der Waals surface area contributed by atoms with Crippen molar-refractivity contribution in [2.45, 2.75) is 25.4 Å². The van der Waals surface area contributed by atoms with Crippen molar-refractivity contribution < 1.29 is 0 Å². The zero-order chi connectivity index (χ0) is 13.8. The van der Waals surface area contributed by atoms with Crippen LogP contribution >= 0.6 is 0 Å². The lowest BCUT2D eigenvalue weighted by atomic mass is 10.1. The summed E-state index contributed by atoms with van der Waals surface area (Å²) in [5, 5.41) is 5.55. The van der Waals surface area contributed by atoms with Crippen LogP contribution in [0.15, 0.2) is 37.1 Å². The Hall–Kier alpha value is -2.63. The van der Waals surface area contributed by atoms with Crippen LogP contribution in [0.4, 0.5) is 0 Å². The average Bonchev–Trinajstić information content (AvgIpc) is 3.23. The van der Waals surface area contributed by atoms with Gasteiger partial charge in [0.15, 0.2) is 0 Å². The Morgan fingerprint density at radius 2 is 2.24 bits per heavy atom. The van der Waals surface area contributed by atoms with Gasteiger partial charge in [-0.2, -0.15) is 5.10 Å². The molecule has 0 saturated heterocycles. The summed E-state index contributed by atoms with van der Waals surface area (Å²) < 4.78 is 4.40. The minimum Gasteiger partial charge on any atom is -0.346 e. The Kier molecular flexibility index (Phi) is 2.08. The predicted octanol–water partition coefficient (Wildman–Crippen LogP) is 2.30. The van der Waals surface area contributed by atoms with Gasteiger partial charge in [-0.3, -0.25) is 4.68 Å². The molecule has 104 valence electrons. The van der Waals surface area contributed by atoms with E-state index in [0.717, 1.165) is 35.9 Å². The van der Waals surface area contributed by atoms with Gasteiger partial charge in [-0.05, 0) is 25.0 Å². The molecule has 0 bridgehead atoms. The summed E-state index contributed by atoms with van der Waals surface area (Å²) in [5.41, 5.74) is 4.36. The van der Waals surface area contributed by atoms with Gasteiger partial charge in [0.05, 0.1) is 30.6 Å². The maximum Gasteiger partial charge on any atom is 0.139 e. The Labute approximate surface area is 120 Å². The summed E-state index contributed by atoms with van der Waals surface area (Å²) in [6.07, 6.45) is 9.78. The molecule has 1 aliphatic rings. The molecule has 0 amide bonds. The molecular formula is C15H14N6. The molecule has 1 atom stereocenters. The minimum absolute atomic E-state index is 0.392. The van der Waals surface area contributed by atoms with Crippen LogP contribution in [0.3, 0.4) is 0 Å². The largest absolute Gasteiger partial charge is 0.346 e. The van der Waals surface area contributed by atoms with Crippen LogP contribution in [-0.2, 0) is 13.0 Å². The Morgan fingerprint density at radius 1 is 1.24 bits per heavy atom. The third kappa shape index (κ3) is 1.50. The number of hydrogen-bond donors (Lipinski definition) is 1. The van der Waals surface area contributed by atoms with Crippen molar-refractivity contribution in [1.29, 1.82) is 0 Å². The summed E-state index contributed by atoms with van der Waals surface area (Å²) >= 11 is 0. The molecule has 4 aromatic heterocycles. The van der Waals surface area contributed by atoms with E-state index in [1.54, 1.807) is 0 Å². The number of aromatic amines is 1. The minimum atomic E-state index is 0.392. The smallest absolute Gasteiger partial charge is 0.139 e. The lowest BCUT2D eigenvalue weighted by Crippen LogP contribution is -2.23. The highest BCUT2D eigenvalue weighted by molar-refractivity contribution is 6.00. The molecule has 5 heterocycles. The van der Waals surface area contributed by atoms with E-state index in [1.807, 2.05) is 24.9 Å². The fourth-order valence-corrected chi connectivity index (χ4v) is 3.38. The van der Waals surface area contributed by atoms with Crippen LogP contribution in [0.1, 0.15) is 18.2 Å². The maximum atomic E-state index is 4.52. The number of aryl methyl sites for hydroxylation is 1. The highest BCUT2D eigenvalue weighted by atomic mass is 15.3. The van der Waals surface area contributed by atoms with Crippen molar-refractivity contribution in [1.82, 2.24) is 29.3 Å². The number of pyridine rings is 1. The van der Waals surface area contributed by atoms with E-state index in [1.165, 1.54) is 11.2 Å². The number of imidazole rings is 1. The number of aromatic nitrogens is 6. The molecule has 0 radical (unpaired) electrons. The summed E-state index contributed by atoms with van der Waals surface area (Å²) in [6, 6.07) is 4.57. The van der Waals surface area contributed by atoms with Gasteiger partial charge in [0.1, 0.15) is 11.2 Å². The van der Waals surface area contributed by atoms with Crippen LogP contribution in [0.25, 0.3) is 22.1 Å². The second-order valence-corrected chi connectivity index (χ2v) is 5.58. The molecule has 6 nitrogen and oxygen atoms in total. The molecule has 1 aliphatic heterocycles. The van der Waals surface area contributed by atoms with Crippen LogP contribution < -0.4 is 0 Å². The van der Waals surface area contributed by atoms with Gasteiger partial charge in [0, 0.05) is 23.5 Å². The van der Waals surface area contributed by atoms with E-state index in [0.29, 0.717) is 6.04 Å². The fourth-order valence-electron chi connectivity index (χ4n) is 3.38. The topological polar surface area (TPSA) is 64.3 Å². The van der Waals surface area contributed by atoms with Crippen molar-refractivity contribution in [3.05, 3.63) is 42.7 Å². The van der Waals surface area contributed by atoms with E-state index >= 15 is 0 Å². The van der Waals surface area contributed by atoms with Crippen LogP contribution in [0, 0.1) is 0 Å². The van der Waals surface area contributed by atoms with Gasteiger partial charge < -0.3 is 9.55 Å². The van der Waals surface area contributed by atoms with Crippen LogP contribution in [-0.4, -0.2) is 29.3 Å². The highest BCUT2D eigenvalue weighted by Crippen LogP contribution is 2.30. The van der Waals surface area contributed by atoms with Crippen molar-refractivity contribution in [3.8, 4) is 0 Å². The zero-order valence-electron chi connectivity index (χ0n) is 11.4. The summed E-state index contributed by atoms with van der Waals surface area (Å²) in [7, 11) is 0. The average molecular weight is 278 g/mol. The lowest BCUT2D eigenvalue weighted by molar-refractivity contribution is 0.348. The normalized spacial score (nSPS) is 18.4. The van der Waals surface area contributed by atoms with E-state index in [2.05, 4.69) is 41.4 Å². The first-order valence-corrected chi connectivity index (χ1v) is 7.19. The number of rotatable bonds is 1. The SMILES string of the molecule is c1cc2n(n1)C[C@H](n1cnc3cnc4[nH]ccc4c31)CC2. The van der Waals surface area contributed by atoms with Crippen molar-refractivity contribution in [3.63, 3.8) is 0 Å². The molecule has 0 unspecified atom stereocenters. The number of H-pyrrole nitrogens is 1. The number of fused-ring (bicyclic) bond motifs is 4. The predicted molar refractivity (Wildman–Crippen MR) is 79.0 cm³/mol. The Bertz CT molecular complexity index is 943. The molecule has 0 aromatic carbocycles. The number of nitrogens with zero attached hydrogens (tertiary/aromatic N) is 5. The molecule has 0 spiro atoms. The summed E-state index contributed by atoms with van der Waals surface area (Å²) in [5.74, 6) is 0. The Morgan fingerprint density at radius 3 is 3.24 bits per heavy atom. The van der Waals surface area contributed by atoms with E-state index in [9.17, 15) is 0 Å². The molecule has 0 saturated carbocycles. The van der Waals surface area contributed by atoms with Gasteiger partial charge in [-0.1, -0.05) is 0 Å². The van der Waals surface area contributed by atoms with Gasteiger partial charge in [-0.15, -0.1) is 0 Å². The first-order chi connectivity index (χ1) is 10.4. The third-order valence-corrected chi connectivity index (χ3v) is 4.43. The van der Waals surface area contributed by atoms with Gasteiger partial charge >= 0.3 is 0 Å². The van der Waals surface area contributed by atoms with Gasteiger partial charge in [0.2, 0.25) is 0 Å². The van der Waals surface area contributed by atoms with Crippen molar-refractivity contribution in [2.24, 2.45) is 0 Å². The van der Waals surface area contributed by atoms with Gasteiger partial charge in [-0.25, -0.2) is 9.97 Å². The molecule has 1 N–H and O–H groups in total. The van der Waals surface area contributed by atoms with E-state index in [-0.39, 0.29) is 0 Å². The maximum absolute atomic E-state index is 4.52. The third-order valence-electron chi connectivity index (χ3n) is 4.43. The molecule has 5 rings (SSSR count). The molecule has 21 heavy (non-hydrogen) atoms. The fraction of sp³-hybridized carbons (Fsp3) is 0.267. The summed E-state index contributed by atoms with van der Waals surface area (Å²) in [6.45, 7) is 0.905. The quantitative estimate of drug-likeness (QED) is 0.581. The van der Waals surface area contributed by atoms with Gasteiger partial charge in [0.25, 0.3) is 0 Å². The Balaban J connectivity index is 1.69. The molecule has 0 fully saturated rings. The molecule has 0 aliphatic carbocycles.